The first-order valence-corrected chi connectivity index (χ1v) is 9.94. The van der Waals surface area contributed by atoms with Crippen molar-refractivity contribution in [2.75, 3.05) is 37.3 Å². The fourth-order valence-corrected chi connectivity index (χ4v) is 2.45. The highest BCUT2D eigenvalue weighted by Crippen LogP contribution is 2.17. The van der Waals surface area contributed by atoms with Crippen molar-refractivity contribution in [3.05, 3.63) is 41.6 Å². The van der Waals surface area contributed by atoms with E-state index >= 15 is 0 Å². The largest absolute Gasteiger partial charge is 0.369 e. The topological polar surface area (TPSA) is 115 Å². The third-order valence-electron chi connectivity index (χ3n) is 3.96. The van der Waals surface area contributed by atoms with E-state index in [-0.39, 0.29) is 5.91 Å². The fourth-order valence-electron chi connectivity index (χ4n) is 2.45. The summed E-state index contributed by atoms with van der Waals surface area (Å²) in [5.74, 6) is 7.35. The molecular formula is C22H27N7O. The molecule has 2 aromatic rings. The van der Waals surface area contributed by atoms with Gasteiger partial charge >= 0.3 is 0 Å². The summed E-state index contributed by atoms with van der Waals surface area (Å²) in [5, 5.41) is 21.0. The maximum atomic E-state index is 11.4. The number of hydrogen-bond donors (Lipinski definition) is 4. The molecule has 0 aliphatic rings. The van der Waals surface area contributed by atoms with Crippen LogP contribution in [-0.2, 0) is 4.79 Å². The Labute approximate surface area is 177 Å². The molecule has 1 aromatic carbocycles. The van der Waals surface area contributed by atoms with Crippen molar-refractivity contribution in [3.8, 4) is 17.9 Å². The lowest BCUT2D eigenvalue weighted by molar-refractivity contribution is -0.120. The summed E-state index contributed by atoms with van der Waals surface area (Å²) in [5.41, 5.74) is 2.13. The predicted octanol–water partition coefficient (Wildman–Crippen LogP) is 2.38. The Bertz CT molecular complexity index is 923. The van der Waals surface area contributed by atoms with Crippen LogP contribution in [-0.4, -0.2) is 42.6 Å². The molecule has 1 amide bonds. The standard InChI is InChI=1S/C22H27N7O/c1-3-12-26-21-18(7-5-4-6-13-25-20(30)16-24-2)15-27-22(29-21)28-19-10-8-17(14-23)9-11-19/h8-11,15,24H,3-4,6,12-13,16H2,1-2H3,(H,25,30)(H2,26,27,28,29). The van der Waals surface area contributed by atoms with E-state index in [9.17, 15) is 4.79 Å². The van der Waals surface area contributed by atoms with Gasteiger partial charge in [0.05, 0.1) is 29.9 Å². The van der Waals surface area contributed by atoms with E-state index in [1.807, 2.05) is 12.1 Å². The third-order valence-corrected chi connectivity index (χ3v) is 3.96. The molecule has 1 aromatic heterocycles. The highest BCUT2D eigenvalue weighted by molar-refractivity contribution is 5.77. The highest BCUT2D eigenvalue weighted by Gasteiger charge is 2.06. The lowest BCUT2D eigenvalue weighted by Gasteiger charge is -2.10. The Morgan fingerprint density at radius 1 is 1.20 bits per heavy atom. The Balaban J connectivity index is 1.99. The van der Waals surface area contributed by atoms with Crippen LogP contribution in [0.3, 0.4) is 0 Å². The predicted molar refractivity (Wildman–Crippen MR) is 118 cm³/mol. The van der Waals surface area contributed by atoms with Gasteiger partial charge in [-0.15, -0.1) is 0 Å². The second-order valence-corrected chi connectivity index (χ2v) is 6.48. The van der Waals surface area contributed by atoms with E-state index in [0.717, 1.165) is 30.6 Å². The van der Waals surface area contributed by atoms with Crippen LogP contribution in [0.2, 0.25) is 0 Å². The second kappa shape index (κ2) is 12.8. The number of benzene rings is 1. The van der Waals surface area contributed by atoms with Gasteiger partial charge in [-0.2, -0.15) is 10.2 Å². The van der Waals surface area contributed by atoms with Crippen molar-refractivity contribution in [2.24, 2.45) is 0 Å². The van der Waals surface area contributed by atoms with Gasteiger partial charge in [-0.05, 0) is 44.2 Å². The van der Waals surface area contributed by atoms with Crippen molar-refractivity contribution in [1.29, 1.82) is 5.26 Å². The van der Waals surface area contributed by atoms with E-state index in [1.165, 1.54) is 0 Å². The zero-order valence-corrected chi connectivity index (χ0v) is 17.4. The maximum Gasteiger partial charge on any atom is 0.233 e. The Kier molecular flexibility index (Phi) is 9.64. The molecule has 8 nitrogen and oxygen atoms in total. The molecule has 0 aliphatic heterocycles. The molecule has 4 N–H and O–H groups in total. The first kappa shape index (κ1) is 22.7. The molecular weight excluding hydrogens is 378 g/mol. The molecule has 8 heteroatoms. The fraction of sp³-hybridized carbons (Fsp3) is 0.364. The quantitative estimate of drug-likeness (QED) is 0.354. The second-order valence-electron chi connectivity index (χ2n) is 6.48. The van der Waals surface area contributed by atoms with Crippen molar-refractivity contribution in [1.82, 2.24) is 20.6 Å². The number of hydrogen-bond acceptors (Lipinski definition) is 7. The zero-order chi connectivity index (χ0) is 21.6. The number of nitriles is 1. The minimum absolute atomic E-state index is 0.0183. The van der Waals surface area contributed by atoms with Gasteiger partial charge in [-0.3, -0.25) is 4.79 Å². The summed E-state index contributed by atoms with van der Waals surface area (Å²) in [4.78, 5) is 20.3. The van der Waals surface area contributed by atoms with Crippen molar-refractivity contribution in [3.63, 3.8) is 0 Å². The molecule has 0 radical (unpaired) electrons. The number of unbranched alkanes of at least 4 members (excludes halogenated alkanes) is 1. The molecule has 0 unspecified atom stereocenters. The molecule has 0 saturated carbocycles. The summed E-state index contributed by atoms with van der Waals surface area (Å²) in [7, 11) is 1.74. The van der Waals surface area contributed by atoms with Gasteiger partial charge in [0.15, 0.2) is 0 Å². The molecule has 0 bridgehead atoms. The molecule has 30 heavy (non-hydrogen) atoms. The molecule has 0 fully saturated rings. The molecule has 156 valence electrons. The monoisotopic (exact) mass is 405 g/mol. The van der Waals surface area contributed by atoms with Crippen LogP contribution in [0.25, 0.3) is 0 Å². The third kappa shape index (κ3) is 7.78. The van der Waals surface area contributed by atoms with Gasteiger partial charge in [0.2, 0.25) is 11.9 Å². The first-order valence-electron chi connectivity index (χ1n) is 9.94. The normalized spacial score (nSPS) is 9.77. The summed E-state index contributed by atoms with van der Waals surface area (Å²) >= 11 is 0. The number of carbonyl (C=O) groups excluding carboxylic acids is 1. The lowest BCUT2D eigenvalue weighted by atomic mass is 10.2. The first-order chi connectivity index (χ1) is 14.7. The number of carbonyl (C=O) groups is 1. The lowest BCUT2D eigenvalue weighted by Crippen LogP contribution is -2.32. The number of nitrogens with one attached hydrogen (secondary N) is 4. The van der Waals surface area contributed by atoms with Crippen LogP contribution >= 0.6 is 0 Å². The number of nitrogens with zero attached hydrogens (tertiary/aromatic N) is 3. The van der Waals surface area contributed by atoms with Crippen molar-refractivity contribution >= 4 is 23.4 Å². The smallest absolute Gasteiger partial charge is 0.233 e. The van der Waals surface area contributed by atoms with E-state index in [4.69, 9.17) is 5.26 Å². The molecule has 0 saturated heterocycles. The molecule has 0 spiro atoms. The summed E-state index contributed by atoms with van der Waals surface area (Å²) in [6.45, 7) is 3.77. The van der Waals surface area contributed by atoms with E-state index in [1.54, 1.807) is 25.4 Å². The van der Waals surface area contributed by atoms with Crippen LogP contribution in [0.1, 0.15) is 37.3 Å². The van der Waals surface area contributed by atoms with Gasteiger partial charge < -0.3 is 21.3 Å². The molecule has 2 rings (SSSR count). The Morgan fingerprint density at radius 3 is 2.70 bits per heavy atom. The SMILES string of the molecule is CCCNc1nc(Nc2ccc(C#N)cc2)ncc1C#CCCCNC(=O)CNC. The highest BCUT2D eigenvalue weighted by atomic mass is 16.1. The minimum Gasteiger partial charge on any atom is -0.369 e. The van der Waals surface area contributed by atoms with Gasteiger partial charge in [0.25, 0.3) is 0 Å². The van der Waals surface area contributed by atoms with E-state index < -0.39 is 0 Å². The summed E-state index contributed by atoms with van der Waals surface area (Å²) in [6.07, 6.45) is 4.10. The number of likely N-dealkylation sites (N-methyl/N-ethyl adjacent to an activating group) is 1. The van der Waals surface area contributed by atoms with Crippen molar-refractivity contribution in [2.45, 2.75) is 26.2 Å². The zero-order valence-electron chi connectivity index (χ0n) is 17.4. The van der Waals surface area contributed by atoms with Crippen LogP contribution < -0.4 is 21.3 Å². The molecule has 0 atom stereocenters. The molecule has 0 aliphatic carbocycles. The number of rotatable bonds is 10. The van der Waals surface area contributed by atoms with Gasteiger partial charge in [-0.1, -0.05) is 18.8 Å². The van der Waals surface area contributed by atoms with Gasteiger partial charge in [0, 0.05) is 25.2 Å². The van der Waals surface area contributed by atoms with Crippen LogP contribution in [0.4, 0.5) is 17.5 Å². The van der Waals surface area contributed by atoms with E-state index in [0.29, 0.717) is 36.8 Å². The van der Waals surface area contributed by atoms with Crippen LogP contribution in [0, 0.1) is 23.2 Å². The van der Waals surface area contributed by atoms with Crippen LogP contribution in [0.5, 0.6) is 0 Å². The minimum atomic E-state index is -0.0183. The Hall–Kier alpha value is -3.62. The van der Waals surface area contributed by atoms with Gasteiger partial charge in [0.1, 0.15) is 5.82 Å². The molecule has 1 heterocycles. The number of aromatic nitrogens is 2. The summed E-state index contributed by atoms with van der Waals surface area (Å²) in [6, 6.07) is 9.18. The Morgan fingerprint density at radius 2 is 2.00 bits per heavy atom. The van der Waals surface area contributed by atoms with E-state index in [2.05, 4.69) is 56.1 Å². The van der Waals surface area contributed by atoms with Crippen LogP contribution in [0.15, 0.2) is 30.5 Å². The summed E-state index contributed by atoms with van der Waals surface area (Å²) < 4.78 is 0. The number of amides is 1. The van der Waals surface area contributed by atoms with Gasteiger partial charge in [-0.25, -0.2) is 4.98 Å². The average Bonchev–Trinajstić information content (AvgIpc) is 2.76. The average molecular weight is 406 g/mol. The van der Waals surface area contributed by atoms with Crippen molar-refractivity contribution < 1.29 is 4.79 Å². The maximum absolute atomic E-state index is 11.4. The number of anilines is 3.